The number of allylic oxidation sites excluding steroid dienone is 4. The standard InChI is InChI=1S/C28H34O2/c29-22-11-15-13-27-9-1-3-16(27)5-7-20(27)24(15)26(22)18-12-23(30)25-19(18)14-28-10-2-4-17(28)6-8-21(25)28/h1-2,9-10,15-21,24-26H,3-8,11-14H2/t15-,16-,17-,18-,19-,20-,21-,24-,25-,26-,27-,28-/m1/s1. The maximum Gasteiger partial charge on any atom is 0.136 e. The van der Waals surface area contributed by atoms with Crippen molar-refractivity contribution in [3.63, 3.8) is 0 Å². The SMILES string of the molecule is O=C1C[C@@H]([C@@H]2C(=O)C[C@@H]3C[C@]45C=CC[C@@H]4CC[C@@H]5[C@@H]32)[C@H]2C[C@]34C=CC[C@@H]3CC[C@@H]4[C@H]12. The van der Waals surface area contributed by atoms with Crippen molar-refractivity contribution >= 4 is 11.6 Å². The van der Waals surface area contributed by atoms with Crippen molar-refractivity contribution in [3.05, 3.63) is 24.3 Å². The Morgan fingerprint density at radius 1 is 0.700 bits per heavy atom. The lowest BCUT2D eigenvalue weighted by Crippen LogP contribution is -2.34. The number of Topliss-reactive ketones (excluding diaryl/α,β-unsaturated/α-hetero) is 2. The van der Waals surface area contributed by atoms with Crippen LogP contribution in [0.4, 0.5) is 0 Å². The van der Waals surface area contributed by atoms with Crippen molar-refractivity contribution in [2.75, 3.05) is 0 Å². The third-order valence-corrected chi connectivity index (χ3v) is 12.4. The largest absolute Gasteiger partial charge is 0.299 e. The van der Waals surface area contributed by atoms with Gasteiger partial charge in [0.05, 0.1) is 0 Å². The van der Waals surface area contributed by atoms with E-state index in [9.17, 15) is 9.59 Å². The summed E-state index contributed by atoms with van der Waals surface area (Å²) in [6.45, 7) is 0. The van der Waals surface area contributed by atoms with Crippen LogP contribution in [0.3, 0.4) is 0 Å². The molecule has 8 aliphatic rings. The first-order valence-corrected chi connectivity index (χ1v) is 13.0. The molecule has 12 atom stereocenters. The fraction of sp³-hybridized carbons (Fsp3) is 0.786. The molecule has 0 bridgehead atoms. The molecule has 0 aromatic carbocycles. The van der Waals surface area contributed by atoms with Gasteiger partial charge in [0.25, 0.3) is 0 Å². The molecule has 0 amide bonds. The summed E-state index contributed by atoms with van der Waals surface area (Å²) >= 11 is 0. The summed E-state index contributed by atoms with van der Waals surface area (Å²) in [6, 6.07) is 0. The molecule has 0 heterocycles. The molecule has 0 aliphatic heterocycles. The highest BCUT2D eigenvalue weighted by molar-refractivity contribution is 5.89. The van der Waals surface area contributed by atoms with Crippen LogP contribution < -0.4 is 0 Å². The molecular formula is C28H34O2. The van der Waals surface area contributed by atoms with E-state index in [1.165, 1.54) is 51.4 Å². The van der Waals surface area contributed by atoms with Gasteiger partial charge in [-0.15, -0.1) is 0 Å². The van der Waals surface area contributed by atoms with E-state index in [-0.39, 0.29) is 11.8 Å². The minimum absolute atomic E-state index is 0.213. The number of rotatable bonds is 1. The van der Waals surface area contributed by atoms with E-state index in [1.54, 1.807) is 0 Å². The summed E-state index contributed by atoms with van der Waals surface area (Å²) in [5, 5.41) is 0. The van der Waals surface area contributed by atoms with Gasteiger partial charge >= 0.3 is 0 Å². The molecule has 6 fully saturated rings. The van der Waals surface area contributed by atoms with Crippen molar-refractivity contribution in [2.24, 2.45) is 70.0 Å². The average molecular weight is 403 g/mol. The molecule has 158 valence electrons. The van der Waals surface area contributed by atoms with Crippen LogP contribution in [0.25, 0.3) is 0 Å². The van der Waals surface area contributed by atoms with E-state index < -0.39 is 0 Å². The Labute approximate surface area is 179 Å². The third kappa shape index (κ3) is 1.76. The third-order valence-electron chi connectivity index (χ3n) is 12.4. The average Bonchev–Trinajstić information content (AvgIpc) is 3.49. The van der Waals surface area contributed by atoms with Crippen molar-refractivity contribution in [3.8, 4) is 0 Å². The minimum atomic E-state index is 0.213. The van der Waals surface area contributed by atoms with E-state index in [0.717, 1.165) is 30.6 Å². The second-order valence-corrected chi connectivity index (χ2v) is 12.7. The lowest BCUT2D eigenvalue weighted by Gasteiger charge is -2.36. The molecule has 0 N–H and O–H groups in total. The second kappa shape index (κ2) is 5.41. The topological polar surface area (TPSA) is 34.1 Å². The summed E-state index contributed by atoms with van der Waals surface area (Å²) in [5.74, 6) is 6.66. The molecule has 6 saturated carbocycles. The predicted octanol–water partition coefficient (Wildman–Crippen LogP) is 5.38. The zero-order chi connectivity index (χ0) is 19.8. The molecule has 30 heavy (non-hydrogen) atoms. The fourth-order valence-electron chi connectivity index (χ4n) is 11.8. The van der Waals surface area contributed by atoms with Crippen molar-refractivity contribution < 1.29 is 9.59 Å². The summed E-state index contributed by atoms with van der Waals surface area (Å²) in [4.78, 5) is 26.9. The molecular weight excluding hydrogens is 368 g/mol. The van der Waals surface area contributed by atoms with Gasteiger partial charge in [-0.2, -0.15) is 0 Å². The predicted molar refractivity (Wildman–Crippen MR) is 114 cm³/mol. The lowest BCUT2D eigenvalue weighted by atomic mass is 9.67. The van der Waals surface area contributed by atoms with Crippen LogP contribution in [-0.4, -0.2) is 11.6 Å². The van der Waals surface area contributed by atoms with E-state index in [0.29, 0.717) is 52.0 Å². The maximum atomic E-state index is 13.5. The monoisotopic (exact) mass is 402 g/mol. The normalized spacial score (nSPS) is 61.5. The molecule has 0 radical (unpaired) electrons. The van der Waals surface area contributed by atoms with Crippen LogP contribution >= 0.6 is 0 Å². The van der Waals surface area contributed by atoms with Gasteiger partial charge in [0.15, 0.2) is 0 Å². The number of carbonyl (C=O) groups is 2. The number of hydrogen-bond acceptors (Lipinski definition) is 2. The van der Waals surface area contributed by atoms with Gasteiger partial charge in [-0.25, -0.2) is 0 Å². The molecule has 8 rings (SSSR count). The highest BCUT2D eigenvalue weighted by Gasteiger charge is 2.70. The lowest BCUT2D eigenvalue weighted by molar-refractivity contribution is -0.124. The van der Waals surface area contributed by atoms with Gasteiger partial charge in [-0.1, -0.05) is 24.3 Å². The first-order valence-electron chi connectivity index (χ1n) is 13.0. The van der Waals surface area contributed by atoms with Gasteiger partial charge in [0.2, 0.25) is 0 Å². The number of ketones is 2. The molecule has 2 heteroatoms. The second-order valence-electron chi connectivity index (χ2n) is 12.7. The highest BCUT2D eigenvalue weighted by atomic mass is 16.1. The smallest absolute Gasteiger partial charge is 0.136 e. The zero-order valence-corrected chi connectivity index (χ0v) is 18.0. The zero-order valence-electron chi connectivity index (χ0n) is 18.0. The van der Waals surface area contributed by atoms with E-state index in [2.05, 4.69) is 24.3 Å². The molecule has 2 spiro atoms. The number of hydrogen-bond donors (Lipinski definition) is 0. The Kier molecular flexibility index (Phi) is 3.13. The van der Waals surface area contributed by atoms with Gasteiger partial charge in [-0.05, 0) is 110 Å². The molecule has 0 aromatic heterocycles. The minimum Gasteiger partial charge on any atom is -0.299 e. The maximum absolute atomic E-state index is 13.5. The number of carbonyl (C=O) groups excluding carboxylic acids is 2. The van der Waals surface area contributed by atoms with Crippen LogP contribution in [0.2, 0.25) is 0 Å². The summed E-state index contributed by atoms with van der Waals surface area (Å²) < 4.78 is 0. The quantitative estimate of drug-likeness (QED) is 0.552. The molecule has 0 saturated heterocycles. The molecule has 0 unspecified atom stereocenters. The Morgan fingerprint density at radius 3 is 2.13 bits per heavy atom. The Hall–Kier alpha value is -1.18. The molecule has 8 aliphatic carbocycles. The molecule has 2 nitrogen and oxygen atoms in total. The first-order chi connectivity index (χ1) is 14.6. The summed E-state index contributed by atoms with van der Waals surface area (Å²) in [7, 11) is 0. The fourth-order valence-corrected chi connectivity index (χ4v) is 11.8. The van der Waals surface area contributed by atoms with E-state index >= 15 is 0 Å². The van der Waals surface area contributed by atoms with Gasteiger partial charge < -0.3 is 0 Å². The van der Waals surface area contributed by atoms with Crippen LogP contribution in [-0.2, 0) is 9.59 Å². The van der Waals surface area contributed by atoms with Crippen LogP contribution in [0.1, 0.15) is 64.2 Å². The Balaban J connectivity index is 1.17. The first kappa shape index (κ1) is 17.4. The Morgan fingerprint density at radius 2 is 1.37 bits per heavy atom. The molecule has 0 aromatic rings. The number of fused-ring (bicyclic) bond motifs is 4. The van der Waals surface area contributed by atoms with Crippen molar-refractivity contribution in [1.82, 2.24) is 0 Å². The van der Waals surface area contributed by atoms with Crippen LogP contribution in [0.5, 0.6) is 0 Å². The van der Waals surface area contributed by atoms with E-state index in [1.807, 2.05) is 0 Å². The van der Waals surface area contributed by atoms with Gasteiger partial charge in [-0.3, -0.25) is 9.59 Å². The summed E-state index contributed by atoms with van der Waals surface area (Å²) in [5.41, 5.74) is 0.759. The highest BCUT2D eigenvalue weighted by Crippen LogP contribution is 2.73. The van der Waals surface area contributed by atoms with Gasteiger partial charge in [0, 0.05) is 24.7 Å². The van der Waals surface area contributed by atoms with Crippen LogP contribution in [0, 0.1) is 70.0 Å². The van der Waals surface area contributed by atoms with Crippen LogP contribution in [0.15, 0.2) is 24.3 Å². The Bertz CT molecular complexity index is 914. The van der Waals surface area contributed by atoms with Crippen molar-refractivity contribution in [2.45, 2.75) is 64.2 Å². The van der Waals surface area contributed by atoms with Crippen molar-refractivity contribution in [1.29, 1.82) is 0 Å². The van der Waals surface area contributed by atoms with E-state index in [4.69, 9.17) is 0 Å². The summed E-state index contributed by atoms with van der Waals surface area (Å²) in [6.07, 6.45) is 21.9. The van der Waals surface area contributed by atoms with Gasteiger partial charge in [0.1, 0.15) is 11.6 Å².